The van der Waals surface area contributed by atoms with Gasteiger partial charge in [-0.15, -0.1) is 0 Å². The van der Waals surface area contributed by atoms with Gasteiger partial charge >= 0.3 is 12.1 Å². The van der Waals surface area contributed by atoms with E-state index in [9.17, 15) is 14.4 Å². The lowest BCUT2D eigenvalue weighted by Crippen LogP contribution is -2.42. The van der Waals surface area contributed by atoms with E-state index in [0.717, 1.165) is 4.90 Å². The maximum atomic E-state index is 12.8. The summed E-state index contributed by atoms with van der Waals surface area (Å²) < 4.78 is 10.3. The summed E-state index contributed by atoms with van der Waals surface area (Å²) in [6.07, 6.45) is -0.724. The fourth-order valence-electron chi connectivity index (χ4n) is 2.28. The van der Waals surface area contributed by atoms with Gasteiger partial charge in [-0.05, 0) is 52.0 Å². The van der Waals surface area contributed by atoms with Gasteiger partial charge in [0, 0.05) is 10.6 Å². The van der Waals surface area contributed by atoms with Crippen molar-refractivity contribution in [2.75, 3.05) is 13.2 Å². The van der Waals surface area contributed by atoms with Crippen molar-refractivity contribution in [3.63, 3.8) is 0 Å². The van der Waals surface area contributed by atoms with Crippen molar-refractivity contribution < 1.29 is 23.9 Å². The van der Waals surface area contributed by atoms with Crippen molar-refractivity contribution in [3.8, 4) is 0 Å². The molecule has 0 radical (unpaired) electrons. The molecule has 2 rings (SSSR count). The van der Waals surface area contributed by atoms with Crippen molar-refractivity contribution in [2.45, 2.75) is 38.8 Å². The smallest absolute Gasteiger partial charge is 0.411 e. The Balaban J connectivity index is 2.30. The van der Waals surface area contributed by atoms with Crippen LogP contribution in [0.3, 0.4) is 0 Å². The Labute approximate surface area is 145 Å². The fourth-order valence-corrected chi connectivity index (χ4v) is 2.41. The zero-order valence-corrected chi connectivity index (χ0v) is 14.8. The summed E-state index contributed by atoms with van der Waals surface area (Å²) in [6.45, 7) is 6.81. The van der Waals surface area contributed by atoms with E-state index in [2.05, 4.69) is 0 Å². The van der Waals surface area contributed by atoms with Crippen LogP contribution in [0.25, 0.3) is 0 Å². The highest BCUT2D eigenvalue weighted by Crippen LogP contribution is 2.38. The molecule has 0 aliphatic carbocycles. The van der Waals surface area contributed by atoms with Crippen LogP contribution in [0.2, 0.25) is 5.02 Å². The third-order valence-electron chi connectivity index (χ3n) is 3.45. The molecule has 1 atom stereocenters. The molecule has 6 nitrogen and oxygen atoms in total. The lowest BCUT2D eigenvalue weighted by molar-refractivity contribution is -0.145. The van der Waals surface area contributed by atoms with Crippen molar-refractivity contribution in [2.24, 2.45) is 0 Å². The molecular formula is C17H20ClNO5. The van der Waals surface area contributed by atoms with Gasteiger partial charge in [0.15, 0.2) is 0 Å². The zero-order chi connectivity index (χ0) is 18.1. The number of nitrogens with zero attached hydrogens (tertiary/aromatic N) is 1. The maximum absolute atomic E-state index is 12.8. The van der Waals surface area contributed by atoms with Gasteiger partial charge in [-0.1, -0.05) is 11.6 Å². The highest BCUT2D eigenvalue weighted by molar-refractivity contribution is 6.30. The van der Waals surface area contributed by atoms with E-state index in [4.69, 9.17) is 21.1 Å². The minimum atomic E-state index is -1.66. The van der Waals surface area contributed by atoms with Crippen molar-refractivity contribution >= 4 is 29.4 Å². The Kier molecular flexibility index (Phi) is 4.90. The fraction of sp³-hybridized carbons (Fsp3) is 0.471. The first-order valence-corrected chi connectivity index (χ1v) is 7.98. The van der Waals surface area contributed by atoms with Gasteiger partial charge in [0.1, 0.15) is 5.60 Å². The van der Waals surface area contributed by atoms with Gasteiger partial charge in [-0.2, -0.15) is 0 Å². The first kappa shape index (κ1) is 18.3. The standard InChI is InChI=1S/C17H20ClNO5/c1-5-23-14(21)17(10-19(17)15(22)24-16(2,3)4)13(20)11-6-8-12(18)9-7-11/h6-9H,5,10H2,1-4H3/t17-,19?/m1/s1. The SMILES string of the molecule is CCOC(=O)[C@]1(C(=O)c2ccc(Cl)cc2)CN1C(=O)OC(C)(C)C. The average molecular weight is 354 g/mol. The van der Waals surface area contributed by atoms with Gasteiger partial charge < -0.3 is 9.47 Å². The molecule has 24 heavy (non-hydrogen) atoms. The Hall–Kier alpha value is -2.08. The van der Waals surface area contributed by atoms with Crippen LogP contribution in [-0.4, -0.2) is 47.0 Å². The molecule has 1 aromatic rings. The van der Waals surface area contributed by atoms with Crippen LogP contribution < -0.4 is 0 Å². The predicted octanol–water partition coefficient (Wildman–Crippen LogP) is 3.08. The highest BCUT2D eigenvalue weighted by Gasteiger charge is 2.68. The van der Waals surface area contributed by atoms with Crippen LogP contribution in [0.15, 0.2) is 24.3 Å². The second-order valence-corrected chi connectivity index (χ2v) is 6.92. The molecule has 1 aromatic carbocycles. The number of Topliss-reactive ketones (excluding diaryl/α,β-unsaturated/α-hetero) is 1. The molecule has 0 aromatic heterocycles. The van der Waals surface area contributed by atoms with Gasteiger partial charge in [-0.25, -0.2) is 9.59 Å². The van der Waals surface area contributed by atoms with Crippen LogP contribution in [0.4, 0.5) is 4.79 Å². The molecule has 1 heterocycles. The van der Waals surface area contributed by atoms with Crippen LogP contribution in [0.5, 0.6) is 0 Å². The molecule has 1 saturated heterocycles. The number of ether oxygens (including phenoxy) is 2. The molecule has 0 N–H and O–H groups in total. The molecule has 1 fully saturated rings. The van der Waals surface area contributed by atoms with E-state index < -0.39 is 29.0 Å². The molecule has 0 saturated carbocycles. The van der Waals surface area contributed by atoms with E-state index in [1.54, 1.807) is 39.8 Å². The number of benzene rings is 1. The monoisotopic (exact) mass is 353 g/mol. The van der Waals surface area contributed by atoms with Crippen molar-refractivity contribution in [3.05, 3.63) is 34.9 Å². The third kappa shape index (κ3) is 3.53. The number of rotatable bonds is 4. The Bertz CT molecular complexity index is 665. The summed E-state index contributed by atoms with van der Waals surface area (Å²) in [5.74, 6) is -1.26. The summed E-state index contributed by atoms with van der Waals surface area (Å²) in [4.78, 5) is 38.6. The van der Waals surface area contributed by atoms with E-state index in [-0.39, 0.29) is 18.7 Å². The van der Waals surface area contributed by atoms with Gasteiger partial charge in [0.2, 0.25) is 11.3 Å². The molecule has 0 bridgehead atoms. The second-order valence-electron chi connectivity index (χ2n) is 6.48. The number of amides is 1. The summed E-state index contributed by atoms with van der Waals surface area (Å²) in [7, 11) is 0. The molecule has 0 spiro atoms. The second kappa shape index (κ2) is 6.43. The number of carbonyl (C=O) groups excluding carboxylic acids is 3. The average Bonchev–Trinajstić information content (AvgIpc) is 3.23. The van der Waals surface area contributed by atoms with Gasteiger partial charge in [0.25, 0.3) is 0 Å². The van der Waals surface area contributed by atoms with Crippen LogP contribution in [0, 0.1) is 0 Å². The Morgan fingerprint density at radius 1 is 1.21 bits per heavy atom. The molecular weight excluding hydrogens is 334 g/mol. The topological polar surface area (TPSA) is 72.7 Å². The lowest BCUT2D eigenvalue weighted by atomic mass is 9.97. The quantitative estimate of drug-likeness (QED) is 0.360. The number of hydrogen-bond acceptors (Lipinski definition) is 5. The predicted molar refractivity (Wildman–Crippen MR) is 88.1 cm³/mol. The van der Waals surface area contributed by atoms with E-state index in [0.29, 0.717) is 5.02 Å². The van der Waals surface area contributed by atoms with Gasteiger partial charge in [-0.3, -0.25) is 9.69 Å². The van der Waals surface area contributed by atoms with Gasteiger partial charge in [0.05, 0.1) is 13.2 Å². The maximum Gasteiger partial charge on any atom is 0.411 e. The largest absolute Gasteiger partial charge is 0.464 e. The zero-order valence-electron chi connectivity index (χ0n) is 14.1. The molecule has 1 aliphatic rings. The molecule has 1 aliphatic heterocycles. The Morgan fingerprint density at radius 3 is 2.29 bits per heavy atom. The van der Waals surface area contributed by atoms with E-state index in [1.165, 1.54) is 12.1 Å². The van der Waals surface area contributed by atoms with Crippen molar-refractivity contribution in [1.82, 2.24) is 4.90 Å². The van der Waals surface area contributed by atoms with Crippen LogP contribution in [0.1, 0.15) is 38.1 Å². The number of carbonyl (C=O) groups is 3. The van der Waals surface area contributed by atoms with Crippen LogP contribution in [-0.2, 0) is 14.3 Å². The van der Waals surface area contributed by atoms with E-state index >= 15 is 0 Å². The minimum absolute atomic E-state index is 0.0673. The first-order chi connectivity index (χ1) is 11.1. The number of hydrogen-bond donors (Lipinski definition) is 0. The first-order valence-electron chi connectivity index (χ1n) is 7.60. The van der Waals surface area contributed by atoms with Crippen molar-refractivity contribution in [1.29, 1.82) is 0 Å². The summed E-state index contributed by atoms with van der Waals surface area (Å²) >= 11 is 5.82. The third-order valence-corrected chi connectivity index (χ3v) is 3.71. The highest BCUT2D eigenvalue weighted by atomic mass is 35.5. The lowest BCUT2D eigenvalue weighted by Gasteiger charge is -2.21. The summed E-state index contributed by atoms with van der Waals surface area (Å²) in [5, 5.41) is 0.469. The number of ketones is 1. The molecule has 7 heteroatoms. The normalized spacial score (nSPS) is 19.6. The molecule has 130 valence electrons. The Morgan fingerprint density at radius 2 is 1.79 bits per heavy atom. The molecule has 1 amide bonds. The number of halogens is 1. The van der Waals surface area contributed by atoms with E-state index in [1.807, 2.05) is 0 Å². The summed E-state index contributed by atoms with van der Waals surface area (Å²) in [5.41, 5.74) is -2.12. The van der Waals surface area contributed by atoms with Crippen LogP contribution >= 0.6 is 11.6 Å². The number of esters is 1. The summed E-state index contributed by atoms with van der Waals surface area (Å²) in [6, 6.07) is 6.12. The minimum Gasteiger partial charge on any atom is -0.464 e. The molecule has 0 unspecified atom stereocenters.